The van der Waals surface area contributed by atoms with E-state index in [9.17, 15) is 0 Å². The molecular formula is C5H11ClSi. The fraction of sp³-hybridized carbons (Fsp3) is 0.600. The predicted molar refractivity (Wildman–Crippen MR) is 38.9 cm³/mol. The Labute approximate surface area is 52.4 Å². The van der Waals surface area contributed by atoms with Gasteiger partial charge >= 0.3 is 0 Å². The first-order valence-corrected chi connectivity index (χ1v) is 4.94. The summed E-state index contributed by atoms with van der Waals surface area (Å²) in [7, 11) is 0.0988. The average molecular weight is 135 g/mol. The minimum atomic E-state index is 0.0988. The van der Waals surface area contributed by atoms with Crippen molar-refractivity contribution in [3.05, 3.63) is 11.8 Å². The van der Waals surface area contributed by atoms with Crippen LogP contribution in [-0.2, 0) is 0 Å². The first-order valence-electron chi connectivity index (χ1n) is 2.59. The van der Waals surface area contributed by atoms with E-state index in [1.807, 2.05) is 0 Å². The lowest BCUT2D eigenvalue weighted by Crippen LogP contribution is -1.82. The number of allylic oxidation sites excluding steroid dienone is 1. The Hall–Kier alpha value is 0.247. The molecule has 2 heteroatoms. The van der Waals surface area contributed by atoms with E-state index in [1.165, 1.54) is 6.04 Å². The molecule has 0 spiro atoms. The van der Waals surface area contributed by atoms with Crippen molar-refractivity contribution in [2.45, 2.75) is 13.0 Å². The molecule has 0 aliphatic carbocycles. The molecule has 0 rings (SSSR count). The monoisotopic (exact) mass is 134 g/mol. The Morgan fingerprint density at radius 3 is 2.86 bits per heavy atom. The maximum atomic E-state index is 5.44. The highest BCUT2D eigenvalue weighted by Gasteiger charge is 1.76. The third kappa shape index (κ3) is 6.25. The van der Waals surface area contributed by atoms with Crippen molar-refractivity contribution in [2.75, 3.05) is 5.88 Å². The zero-order valence-electron chi connectivity index (χ0n) is 4.65. The fourth-order valence-corrected chi connectivity index (χ4v) is 1.55. The highest BCUT2D eigenvalue weighted by Crippen LogP contribution is 1.82. The van der Waals surface area contributed by atoms with Crippen LogP contribution in [0.15, 0.2) is 11.8 Å². The predicted octanol–water partition coefficient (Wildman–Crippen LogP) is 1.35. The van der Waals surface area contributed by atoms with Gasteiger partial charge in [0, 0.05) is 15.4 Å². The molecule has 0 N–H and O–H groups in total. The van der Waals surface area contributed by atoms with Crippen LogP contribution in [-0.4, -0.2) is 15.4 Å². The number of hydrogen-bond donors (Lipinski definition) is 0. The van der Waals surface area contributed by atoms with Crippen molar-refractivity contribution in [2.24, 2.45) is 0 Å². The van der Waals surface area contributed by atoms with Gasteiger partial charge in [0.1, 0.15) is 0 Å². The largest absolute Gasteiger partial charge is 0.127 e. The summed E-state index contributed by atoms with van der Waals surface area (Å²) in [6, 6.07) is 1.24. The third-order valence-electron chi connectivity index (χ3n) is 0.740. The van der Waals surface area contributed by atoms with Gasteiger partial charge in [-0.2, -0.15) is 0 Å². The van der Waals surface area contributed by atoms with Crippen LogP contribution in [0.5, 0.6) is 0 Å². The summed E-state index contributed by atoms with van der Waals surface area (Å²) in [6.45, 7) is 2.06. The standard InChI is InChI=1S/C5H11ClSi/c1-2-4-7-5-3-6/h2,4H,3,5,7H2,1H3. The third-order valence-corrected chi connectivity index (χ3v) is 3.02. The molecule has 0 unspecified atom stereocenters. The molecule has 0 aromatic rings. The van der Waals surface area contributed by atoms with Gasteiger partial charge in [-0.3, -0.25) is 0 Å². The van der Waals surface area contributed by atoms with Gasteiger partial charge < -0.3 is 0 Å². The van der Waals surface area contributed by atoms with Crippen LogP contribution < -0.4 is 0 Å². The minimum Gasteiger partial charge on any atom is -0.127 e. The zero-order chi connectivity index (χ0) is 5.54. The van der Waals surface area contributed by atoms with E-state index in [1.54, 1.807) is 0 Å². The van der Waals surface area contributed by atoms with Crippen molar-refractivity contribution >= 4 is 21.1 Å². The Bertz CT molecular complexity index is 52.0. The average Bonchev–Trinajstić information content (AvgIpc) is 1.69. The first-order chi connectivity index (χ1) is 3.41. The summed E-state index contributed by atoms with van der Waals surface area (Å²) in [5.41, 5.74) is 2.27. The van der Waals surface area contributed by atoms with Crippen molar-refractivity contribution in [3.8, 4) is 0 Å². The summed E-state index contributed by atoms with van der Waals surface area (Å²) >= 11 is 5.44. The molecule has 0 radical (unpaired) electrons. The lowest BCUT2D eigenvalue weighted by Gasteiger charge is -1.80. The van der Waals surface area contributed by atoms with Gasteiger partial charge in [0.15, 0.2) is 0 Å². The summed E-state index contributed by atoms with van der Waals surface area (Å²) in [5.74, 6) is 0.844. The minimum absolute atomic E-state index is 0.0988. The molecule has 0 saturated carbocycles. The van der Waals surface area contributed by atoms with Crippen LogP contribution in [0, 0.1) is 0 Å². The SMILES string of the molecule is CC=C[SiH2]CCCl. The van der Waals surface area contributed by atoms with Crippen LogP contribution in [0.3, 0.4) is 0 Å². The van der Waals surface area contributed by atoms with Gasteiger partial charge in [0.25, 0.3) is 0 Å². The fourth-order valence-electron chi connectivity index (χ4n) is 0.362. The molecule has 0 bridgehead atoms. The Morgan fingerprint density at radius 1 is 1.71 bits per heavy atom. The van der Waals surface area contributed by atoms with Crippen LogP contribution in [0.1, 0.15) is 6.92 Å². The van der Waals surface area contributed by atoms with Crippen LogP contribution in [0.2, 0.25) is 6.04 Å². The number of rotatable bonds is 3. The molecule has 0 amide bonds. The van der Waals surface area contributed by atoms with E-state index in [4.69, 9.17) is 11.6 Å². The van der Waals surface area contributed by atoms with E-state index in [2.05, 4.69) is 18.7 Å². The zero-order valence-corrected chi connectivity index (χ0v) is 6.82. The second-order valence-corrected chi connectivity index (χ2v) is 3.53. The molecule has 0 nitrogen and oxygen atoms in total. The summed E-state index contributed by atoms with van der Waals surface area (Å²) < 4.78 is 0. The molecule has 42 valence electrons. The molecule has 0 aromatic carbocycles. The quantitative estimate of drug-likeness (QED) is 0.311. The van der Waals surface area contributed by atoms with Crippen molar-refractivity contribution in [1.29, 1.82) is 0 Å². The Balaban J connectivity index is 2.69. The second-order valence-electron chi connectivity index (χ2n) is 1.40. The molecule has 0 heterocycles. The van der Waals surface area contributed by atoms with Crippen LogP contribution in [0.4, 0.5) is 0 Å². The van der Waals surface area contributed by atoms with Gasteiger partial charge in [-0.05, 0) is 13.0 Å². The molecule has 0 fully saturated rings. The molecule has 0 saturated heterocycles. The topological polar surface area (TPSA) is 0 Å². The highest BCUT2D eigenvalue weighted by atomic mass is 35.5. The smallest absolute Gasteiger partial charge is 0.0461 e. The van der Waals surface area contributed by atoms with Crippen LogP contribution >= 0.6 is 11.6 Å². The molecule has 0 aromatic heterocycles. The van der Waals surface area contributed by atoms with E-state index in [0.717, 1.165) is 5.88 Å². The second kappa shape index (κ2) is 6.25. The van der Waals surface area contributed by atoms with Crippen LogP contribution in [0.25, 0.3) is 0 Å². The normalized spacial score (nSPS) is 12.3. The molecule has 7 heavy (non-hydrogen) atoms. The maximum absolute atomic E-state index is 5.44. The van der Waals surface area contributed by atoms with Gasteiger partial charge in [0.05, 0.1) is 0 Å². The Morgan fingerprint density at radius 2 is 2.43 bits per heavy atom. The van der Waals surface area contributed by atoms with Crippen molar-refractivity contribution in [1.82, 2.24) is 0 Å². The van der Waals surface area contributed by atoms with Crippen molar-refractivity contribution < 1.29 is 0 Å². The Kier molecular flexibility index (Phi) is 6.47. The number of alkyl halides is 1. The van der Waals surface area contributed by atoms with E-state index in [-0.39, 0.29) is 9.52 Å². The van der Waals surface area contributed by atoms with E-state index >= 15 is 0 Å². The van der Waals surface area contributed by atoms with E-state index in [0.29, 0.717) is 0 Å². The molecule has 0 aliphatic rings. The van der Waals surface area contributed by atoms with Crippen molar-refractivity contribution in [3.63, 3.8) is 0 Å². The lowest BCUT2D eigenvalue weighted by atomic mass is 10.8. The van der Waals surface area contributed by atoms with Gasteiger partial charge in [-0.25, -0.2) is 0 Å². The molecule has 0 aliphatic heterocycles. The highest BCUT2D eigenvalue weighted by molar-refractivity contribution is 6.43. The van der Waals surface area contributed by atoms with Gasteiger partial charge in [-0.15, -0.1) is 17.3 Å². The maximum Gasteiger partial charge on any atom is 0.0461 e. The van der Waals surface area contributed by atoms with Gasteiger partial charge in [-0.1, -0.05) is 6.08 Å². The first kappa shape index (κ1) is 7.25. The lowest BCUT2D eigenvalue weighted by molar-refractivity contribution is 1.47. The van der Waals surface area contributed by atoms with Gasteiger partial charge in [0.2, 0.25) is 0 Å². The van der Waals surface area contributed by atoms with E-state index < -0.39 is 0 Å². The number of halogens is 1. The summed E-state index contributed by atoms with van der Waals surface area (Å²) in [4.78, 5) is 0. The molecule has 0 atom stereocenters. The summed E-state index contributed by atoms with van der Waals surface area (Å²) in [5, 5.41) is 0. The molecular weight excluding hydrogens is 124 g/mol. The summed E-state index contributed by atoms with van der Waals surface area (Å²) in [6.07, 6.45) is 2.11. The number of hydrogen-bond acceptors (Lipinski definition) is 0.